The van der Waals surface area contributed by atoms with Crippen LogP contribution in [0.3, 0.4) is 0 Å². The van der Waals surface area contributed by atoms with E-state index in [1.54, 1.807) is 0 Å². The van der Waals surface area contributed by atoms with E-state index in [1.165, 1.54) is 13.8 Å². The normalized spacial score (nSPS) is 34.8. The fourth-order valence-electron chi connectivity index (χ4n) is 3.83. The molecular formula is C24H32O13S. The van der Waals surface area contributed by atoms with Gasteiger partial charge in [0.2, 0.25) is 0 Å². The molecule has 212 valence electrons. The van der Waals surface area contributed by atoms with E-state index in [4.69, 9.17) is 46.0 Å². The lowest BCUT2D eigenvalue weighted by molar-refractivity contribution is -0.234. The Balaban J connectivity index is 2.32. The maximum Gasteiger partial charge on any atom is 0.303 e. The molecule has 0 bridgehead atoms. The summed E-state index contributed by atoms with van der Waals surface area (Å²) in [5, 5.41) is 32.7. The van der Waals surface area contributed by atoms with Crippen LogP contribution in [0.1, 0.15) is 20.8 Å². The molecule has 2 saturated heterocycles. The lowest BCUT2D eigenvalue weighted by Crippen LogP contribution is -2.62. The predicted octanol–water partition coefficient (Wildman–Crippen LogP) is -1.65. The molecule has 0 aromatic heterocycles. The predicted molar refractivity (Wildman–Crippen MR) is 129 cm³/mol. The van der Waals surface area contributed by atoms with Gasteiger partial charge in [-0.25, -0.2) is 0 Å². The number of hydrogen-bond donors (Lipinski definition) is 3. The summed E-state index contributed by atoms with van der Waals surface area (Å²) < 4.78 is 38.0. The Hall–Kier alpha value is -2.40. The maximum absolute atomic E-state index is 11.8. The Morgan fingerprint density at radius 2 is 1.21 bits per heavy atom. The topological polar surface area (TPSA) is 177 Å². The number of rotatable bonds is 11. The largest absolute Gasteiger partial charge is 0.463 e. The van der Waals surface area contributed by atoms with Crippen molar-refractivity contribution in [2.45, 2.75) is 80.5 Å². The standard InChI is InChI=1S/C24H32O13S/c1-6-8-31-21-17(28)15(10-33-12(3)25)36-23(18(21)29)38-24-19(30)22(32-9-7-2)20(35-14(5)27)16(37-24)11-34-13(4)26/h1-2,15-24,28-30H,8-11H2,3-5H3/t15?,16?,17-,18-,19?,20-,21?,22?,23-,24-/m0/s1. The number of aliphatic hydroxyl groups is 3. The van der Waals surface area contributed by atoms with E-state index in [-0.39, 0.29) is 26.4 Å². The minimum atomic E-state index is -1.48. The van der Waals surface area contributed by atoms with Gasteiger partial charge in [0, 0.05) is 20.8 Å². The Morgan fingerprint density at radius 1 is 0.737 bits per heavy atom. The molecule has 0 spiro atoms. The third-order valence-electron chi connectivity index (χ3n) is 5.45. The zero-order valence-corrected chi connectivity index (χ0v) is 21.9. The molecular weight excluding hydrogens is 528 g/mol. The van der Waals surface area contributed by atoms with Crippen molar-refractivity contribution < 1.29 is 62.9 Å². The highest BCUT2D eigenvalue weighted by Crippen LogP contribution is 2.38. The molecule has 2 heterocycles. The molecule has 10 atom stereocenters. The molecule has 0 radical (unpaired) electrons. The fourth-order valence-corrected chi connectivity index (χ4v) is 5.14. The number of ether oxygens (including phenoxy) is 7. The lowest BCUT2D eigenvalue weighted by Gasteiger charge is -2.46. The van der Waals surface area contributed by atoms with Gasteiger partial charge in [-0.15, -0.1) is 12.8 Å². The summed E-state index contributed by atoms with van der Waals surface area (Å²) in [5.74, 6) is 2.54. The van der Waals surface area contributed by atoms with Gasteiger partial charge in [-0.05, 0) is 0 Å². The van der Waals surface area contributed by atoms with Crippen molar-refractivity contribution in [3.05, 3.63) is 0 Å². The summed E-state index contributed by atoms with van der Waals surface area (Å²) in [6, 6.07) is 0. The fraction of sp³-hybridized carbons (Fsp3) is 0.708. The molecule has 0 aromatic rings. The molecule has 13 nitrogen and oxygen atoms in total. The molecule has 0 aliphatic carbocycles. The highest BCUT2D eigenvalue weighted by Gasteiger charge is 2.52. The van der Waals surface area contributed by atoms with Crippen LogP contribution >= 0.6 is 11.8 Å². The summed E-state index contributed by atoms with van der Waals surface area (Å²) in [7, 11) is 0. The monoisotopic (exact) mass is 560 g/mol. The van der Waals surface area contributed by atoms with Gasteiger partial charge in [0.25, 0.3) is 0 Å². The average Bonchev–Trinajstić information content (AvgIpc) is 2.84. The van der Waals surface area contributed by atoms with Crippen LogP contribution in [0.15, 0.2) is 0 Å². The van der Waals surface area contributed by atoms with Crippen LogP contribution in [0.5, 0.6) is 0 Å². The number of hydrogen-bond acceptors (Lipinski definition) is 14. The van der Waals surface area contributed by atoms with Gasteiger partial charge < -0.3 is 48.5 Å². The molecule has 2 fully saturated rings. The van der Waals surface area contributed by atoms with Crippen molar-refractivity contribution in [1.82, 2.24) is 0 Å². The molecule has 0 amide bonds. The second-order valence-electron chi connectivity index (χ2n) is 8.33. The van der Waals surface area contributed by atoms with Crippen LogP contribution in [-0.4, -0.2) is 119 Å². The Kier molecular flexibility index (Phi) is 12.8. The van der Waals surface area contributed by atoms with Crippen LogP contribution in [0.4, 0.5) is 0 Å². The maximum atomic E-state index is 11.8. The minimum absolute atomic E-state index is 0.241. The third-order valence-corrected chi connectivity index (χ3v) is 6.76. The highest BCUT2D eigenvalue weighted by molar-refractivity contribution is 8.00. The Bertz CT molecular complexity index is 899. The van der Waals surface area contributed by atoms with E-state index in [0.29, 0.717) is 0 Å². The van der Waals surface area contributed by atoms with Crippen LogP contribution in [0.25, 0.3) is 0 Å². The third kappa shape index (κ3) is 8.83. The number of carbonyl (C=O) groups excluding carboxylic acids is 3. The van der Waals surface area contributed by atoms with Gasteiger partial charge in [-0.1, -0.05) is 23.6 Å². The number of aliphatic hydroxyl groups excluding tert-OH is 3. The van der Waals surface area contributed by atoms with Gasteiger partial charge in [0.15, 0.2) is 6.10 Å². The van der Waals surface area contributed by atoms with E-state index in [0.717, 1.165) is 18.7 Å². The minimum Gasteiger partial charge on any atom is -0.463 e. The summed E-state index contributed by atoms with van der Waals surface area (Å²) in [6.07, 6.45) is 0.304. The number of thioether (sulfide) groups is 1. The molecule has 5 unspecified atom stereocenters. The zero-order valence-electron chi connectivity index (χ0n) is 21.1. The first-order chi connectivity index (χ1) is 18.0. The average molecular weight is 561 g/mol. The van der Waals surface area contributed by atoms with Gasteiger partial charge >= 0.3 is 17.9 Å². The van der Waals surface area contributed by atoms with Crippen molar-refractivity contribution in [3.8, 4) is 24.7 Å². The molecule has 2 aliphatic rings. The molecule has 14 heteroatoms. The molecule has 0 saturated carbocycles. The number of carbonyl (C=O) groups is 3. The smallest absolute Gasteiger partial charge is 0.303 e. The second-order valence-corrected chi connectivity index (χ2v) is 9.53. The quantitative estimate of drug-likeness (QED) is 0.149. The lowest BCUT2D eigenvalue weighted by atomic mass is 9.99. The first-order valence-corrected chi connectivity index (χ1v) is 12.5. The highest BCUT2D eigenvalue weighted by atomic mass is 32.2. The SMILES string of the molecule is C#CCOC1C(O)[C@H](S[C@@H]2OC(COC(C)=O)[C@H](O)C(OCC#C)[C@@H]2O)OC(COC(C)=O)[C@@H]1OC(C)=O. The first kappa shape index (κ1) is 31.8. The van der Waals surface area contributed by atoms with Gasteiger partial charge in [-0.2, -0.15) is 0 Å². The van der Waals surface area contributed by atoms with Gasteiger partial charge in [-0.3, -0.25) is 14.4 Å². The molecule has 0 aromatic carbocycles. The van der Waals surface area contributed by atoms with Crippen LogP contribution in [-0.2, 0) is 47.5 Å². The summed E-state index contributed by atoms with van der Waals surface area (Å²) in [6.45, 7) is 2.28. The van der Waals surface area contributed by atoms with Crippen molar-refractivity contribution in [2.24, 2.45) is 0 Å². The molecule has 38 heavy (non-hydrogen) atoms. The Labute approximate surface area is 224 Å². The van der Waals surface area contributed by atoms with Crippen molar-refractivity contribution in [2.75, 3.05) is 26.4 Å². The van der Waals surface area contributed by atoms with E-state index in [9.17, 15) is 29.7 Å². The summed E-state index contributed by atoms with van der Waals surface area (Å²) in [5.41, 5.74) is -2.41. The van der Waals surface area contributed by atoms with Crippen molar-refractivity contribution in [1.29, 1.82) is 0 Å². The van der Waals surface area contributed by atoms with Gasteiger partial charge in [0.05, 0.1) is 0 Å². The van der Waals surface area contributed by atoms with Crippen LogP contribution in [0.2, 0.25) is 0 Å². The zero-order chi connectivity index (χ0) is 28.4. The Morgan fingerprint density at radius 3 is 1.71 bits per heavy atom. The van der Waals surface area contributed by atoms with Crippen molar-refractivity contribution in [3.63, 3.8) is 0 Å². The molecule has 3 N–H and O–H groups in total. The van der Waals surface area contributed by atoms with Crippen LogP contribution < -0.4 is 0 Å². The number of esters is 3. The molecule has 2 aliphatic heterocycles. The second kappa shape index (κ2) is 15.3. The van der Waals surface area contributed by atoms with Gasteiger partial charge in [0.1, 0.15) is 80.0 Å². The summed E-state index contributed by atoms with van der Waals surface area (Å²) >= 11 is 0.791. The van der Waals surface area contributed by atoms with E-state index in [2.05, 4.69) is 11.8 Å². The van der Waals surface area contributed by atoms with E-state index >= 15 is 0 Å². The molecule has 2 rings (SSSR count). The number of terminal acetylenes is 2. The summed E-state index contributed by atoms with van der Waals surface area (Å²) in [4.78, 5) is 34.5. The van der Waals surface area contributed by atoms with E-state index in [1.807, 2.05) is 0 Å². The van der Waals surface area contributed by atoms with Crippen molar-refractivity contribution >= 4 is 29.7 Å². The first-order valence-electron chi connectivity index (χ1n) is 11.5. The van der Waals surface area contributed by atoms with E-state index < -0.39 is 77.6 Å². The van der Waals surface area contributed by atoms with Crippen LogP contribution in [0, 0.1) is 24.7 Å².